The summed E-state index contributed by atoms with van der Waals surface area (Å²) < 4.78 is 26.1. The highest BCUT2D eigenvalue weighted by atomic mass is 19.2. The molecule has 0 aliphatic carbocycles. The molecule has 3 rings (SSSR count). The van der Waals surface area contributed by atoms with Crippen molar-refractivity contribution in [2.75, 3.05) is 31.1 Å². The average molecular weight is 290 g/mol. The third-order valence-electron chi connectivity index (χ3n) is 3.64. The third kappa shape index (κ3) is 3.33. The van der Waals surface area contributed by atoms with Gasteiger partial charge >= 0.3 is 0 Å². The zero-order valence-electron chi connectivity index (χ0n) is 11.5. The van der Waals surface area contributed by atoms with E-state index in [1.165, 1.54) is 12.1 Å². The number of piperazine rings is 1. The second-order valence-electron chi connectivity index (χ2n) is 5.08. The first-order chi connectivity index (χ1) is 10.2. The van der Waals surface area contributed by atoms with Crippen LogP contribution in [-0.2, 0) is 6.54 Å². The first-order valence-corrected chi connectivity index (χ1v) is 6.89. The quantitative estimate of drug-likeness (QED) is 0.866. The fourth-order valence-electron chi connectivity index (χ4n) is 2.49. The van der Waals surface area contributed by atoms with Crippen molar-refractivity contribution >= 4 is 5.82 Å². The van der Waals surface area contributed by atoms with Gasteiger partial charge in [-0.15, -0.1) is 0 Å². The maximum Gasteiger partial charge on any atom is 0.159 e. The topological polar surface area (TPSA) is 32.3 Å². The summed E-state index contributed by atoms with van der Waals surface area (Å²) in [6.45, 7) is 4.04. The van der Waals surface area contributed by atoms with Crippen molar-refractivity contribution in [2.45, 2.75) is 6.54 Å². The highest BCUT2D eigenvalue weighted by Gasteiger charge is 2.18. The van der Waals surface area contributed by atoms with Crippen molar-refractivity contribution in [2.24, 2.45) is 0 Å². The molecule has 0 spiro atoms. The van der Waals surface area contributed by atoms with Crippen LogP contribution in [0.15, 0.2) is 36.8 Å². The lowest BCUT2D eigenvalue weighted by molar-refractivity contribution is 0.249. The monoisotopic (exact) mass is 290 g/mol. The largest absolute Gasteiger partial charge is 0.353 e. The van der Waals surface area contributed by atoms with E-state index in [2.05, 4.69) is 19.8 Å². The zero-order valence-corrected chi connectivity index (χ0v) is 11.5. The first kappa shape index (κ1) is 13.9. The van der Waals surface area contributed by atoms with Crippen LogP contribution in [0.2, 0.25) is 0 Å². The minimum atomic E-state index is -0.800. The highest BCUT2D eigenvalue weighted by molar-refractivity contribution is 5.35. The highest BCUT2D eigenvalue weighted by Crippen LogP contribution is 2.15. The van der Waals surface area contributed by atoms with Crippen molar-refractivity contribution in [3.8, 4) is 0 Å². The molecule has 1 aliphatic rings. The van der Waals surface area contributed by atoms with Gasteiger partial charge in [-0.25, -0.2) is 13.8 Å². The van der Waals surface area contributed by atoms with E-state index in [4.69, 9.17) is 0 Å². The second-order valence-corrected chi connectivity index (χ2v) is 5.08. The minimum Gasteiger partial charge on any atom is -0.353 e. The van der Waals surface area contributed by atoms with E-state index >= 15 is 0 Å². The Labute approximate surface area is 122 Å². The Hall–Kier alpha value is -2.08. The normalized spacial score (nSPS) is 16.2. The molecule has 0 N–H and O–H groups in total. The lowest BCUT2D eigenvalue weighted by atomic mass is 10.2. The maximum atomic E-state index is 13.2. The fraction of sp³-hybridized carbons (Fsp3) is 0.333. The van der Waals surface area contributed by atoms with Gasteiger partial charge in [-0.2, -0.15) is 0 Å². The number of halogens is 2. The summed E-state index contributed by atoms with van der Waals surface area (Å²) in [5.41, 5.74) is 0.793. The Morgan fingerprint density at radius 3 is 2.48 bits per heavy atom. The van der Waals surface area contributed by atoms with Crippen LogP contribution in [0.4, 0.5) is 14.6 Å². The summed E-state index contributed by atoms with van der Waals surface area (Å²) >= 11 is 0. The van der Waals surface area contributed by atoms with Gasteiger partial charge in [-0.05, 0) is 17.7 Å². The predicted molar refractivity (Wildman–Crippen MR) is 75.9 cm³/mol. The smallest absolute Gasteiger partial charge is 0.159 e. The summed E-state index contributed by atoms with van der Waals surface area (Å²) in [5.74, 6) is -0.707. The van der Waals surface area contributed by atoms with Crippen molar-refractivity contribution in [3.05, 3.63) is 54.0 Å². The number of anilines is 1. The van der Waals surface area contributed by atoms with Gasteiger partial charge in [0.1, 0.15) is 5.82 Å². The molecule has 0 bridgehead atoms. The van der Waals surface area contributed by atoms with E-state index < -0.39 is 11.6 Å². The molecule has 0 radical (unpaired) electrons. The molecule has 0 saturated carbocycles. The molecular formula is C15H16F2N4. The summed E-state index contributed by atoms with van der Waals surface area (Å²) in [5, 5.41) is 0. The van der Waals surface area contributed by atoms with Crippen LogP contribution in [0.25, 0.3) is 0 Å². The van der Waals surface area contributed by atoms with Crippen molar-refractivity contribution < 1.29 is 8.78 Å². The van der Waals surface area contributed by atoms with Gasteiger partial charge < -0.3 is 4.90 Å². The Bertz CT molecular complexity index is 598. The molecule has 110 valence electrons. The number of aromatic nitrogens is 2. The Kier molecular flexibility index (Phi) is 4.06. The Morgan fingerprint density at radius 1 is 1.00 bits per heavy atom. The molecule has 21 heavy (non-hydrogen) atoms. The van der Waals surface area contributed by atoms with E-state index in [0.29, 0.717) is 6.54 Å². The van der Waals surface area contributed by atoms with E-state index in [-0.39, 0.29) is 0 Å². The van der Waals surface area contributed by atoms with Crippen LogP contribution in [0.1, 0.15) is 5.56 Å². The molecule has 0 unspecified atom stereocenters. The summed E-state index contributed by atoms with van der Waals surface area (Å²) in [6, 6.07) is 4.08. The molecule has 0 amide bonds. The average Bonchev–Trinajstić information content (AvgIpc) is 2.53. The van der Waals surface area contributed by atoms with Crippen molar-refractivity contribution in [3.63, 3.8) is 0 Å². The molecule has 2 heterocycles. The number of rotatable bonds is 3. The molecule has 1 fully saturated rings. The lowest BCUT2D eigenvalue weighted by Crippen LogP contribution is -2.46. The molecule has 1 saturated heterocycles. The fourth-order valence-corrected chi connectivity index (χ4v) is 2.49. The molecule has 2 aromatic rings. The first-order valence-electron chi connectivity index (χ1n) is 6.89. The molecule has 0 atom stereocenters. The number of hydrogen-bond donors (Lipinski definition) is 0. The molecule has 6 heteroatoms. The SMILES string of the molecule is Fc1ccc(CN2CCN(c3cnccn3)CC2)cc1F. The summed E-state index contributed by atoms with van der Waals surface area (Å²) in [4.78, 5) is 12.8. The molecule has 1 aliphatic heterocycles. The van der Waals surface area contributed by atoms with Gasteiger partial charge in [0.15, 0.2) is 11.6 Å². The second kappa shape index (κ2) is 6.13. The van der Waals surface area contributed by atoms with Crippen molar-refractivity contribution in [1.82, 2.24) is 14.9 Å². The standard InChI is InChI=1S/C15H16F2N4/c16-13-2-1-12(9-14(13)17)11-20-5-7-21(8-6-20)15-10-18-3-4-19-15/h1-4,9-10H,5-8,11H2. The van der Waals surface area contributed by atoms with E-state index in [1.807, 2.05) is 0 Å². The number of nitrogens with zero attached hydrogens (tertiary/aromatic N) is 4. The van der Waals surface area contributed by atoms with Gasteiger partial charge in [0.2, 0.25) is 0 Å². The van der Waals surface area contributed by atoms with Crippen LogP contribution < -0.4 is 4.90 Å². The Morgan fingerprint density at radius 2 is 1.81 bits per heavy atom. The van der Waals surface area contributed by atoms with Crippen LogP contribution >= 0.6 is 0 Å². The minimum absolute atomic E-state index is 0.630. The summed E-state index contributed by atoms with van der Waals surface area (Å²) in [6.07, 6.45) is 5.09. The Balaban J connectivity index is 1.57. The van der Waals surface area contributed by atoms with Gasteiger partial charge in [0.05, 0.1) is 6.20 Å². The van der Waals surface area contributed by atoms with E-state index in [0.717, 1.165) is 37.6 Å². The maximum absolute atomic E-state index is 13.2. The van der Waals surface area contributed by atoms with E-state index in [1.54, 1.807) is 24.7 Å². The summed E-state index contributed by atoms with van der Waals surface area (Å²) in [7, 11) is 0. The van der Waals surface area contributed by atoms with Crippen molar-refractivity contribution in [1.29, 1.82) is 0 Å². The zero-order chi connectivity index (χ0) is 14.7. The van der Waals surface area contributed by atoms with Gasteiger partial charge in [0.25, 0.3) is 0 Å². The van der Waals surface area contributed by atoms with Crippen LogP contribution in [0, 0.1) is 11.6 Å². The molecule has 1 aromatic heterocycles. The molecular weight excluding hydrogens is 274 g/mol. The van der Waals surface area contributed by atoms with Gasteiger partial charge in [-0.1, -0.05) is 6.07 Å². The predicted octanol–water partition coefficient (Wildman–Crippen LogP) is 2.08. The van der Waals surface area contributed by atoms with E-state index in [9.17, 15) is 8.78 Å². The van der Waals surface area contributed by atoms with Crippen LogP contribution in [0.3, 0.4) is 0 Å². The third-order valence-corrected chi connectivity index (χ3v) is 3.64. The van der Waals surface area contributed by atoms with Gasteiger partial charge in [-0.3, -0.25) is 9.88 Å². The van der Waals surface area contributed by atoms with Gasteiger partial charge in [0, 0.05) is 45.1 Å². The molecule has 1 aromatic carbocycles. The molecule has 4 nitrogen and oxygen atoms in total. The van der Waals surface area contributed by atoms with Crippen LogP contribution in [-0.4, -0.2) is 41.0 Å². The van der Waals surface area contributed by atoms with Crippen LogP contribution in [0.5, 0.6) is 0 Å². The number of benzene rings is 1. The number of hydrogen-bond acceptors (Lipinski definition) is 4. The lowest BCUT2D eigenvalue weighted by Gasteiger charge is -2.35.